The number of phenols is 1. The minimum Gasteiger partial charge on any atom is -0.502 e. The SMILES string of the molecule is C#CCOC(=O)N[C@@H]1c2cc3c(cc2[C@@H](c2cc(OC)c(O)c(OC)c2)[C@H]2C(=O)OC[C@@H]21)OCO3. The summed E-state index contributed by atoms with van der Waals surface area (Å²) >= 11 is 0. The minimum absolute atomic E-state index is 0.0565. The molecule has 10 nitrogen and oxygen atoms in total. The molecule has 4 atom stereocenters. The van der Waals surface area contributed by atoms with Crippen LogP contribution >= 0.6 is 0 Å². The number of ether oxygens (including phenoxy) is 6. The fraction of sp³-hybridized carbons (Fsp3) is 0.360. The average Bonchev–Trinajstić information content (AvgIpc) is 3.48. The van der Waals surface area contributed by atoms with Crippen molar-refractivity contribution in [3.8, 4) is 41.1 Å². The number of alkyl carbamates (subject to hydrolysis) is 1. The Bertz CT molecular complexity index is 1210. The topological polar surface area (TPSA) is 122 Å². The van der Waals surface area contributed by atoms with Crippen LogP contribution in [0.1, 0.15) is 28.7 Å². The van der Waals surface area contributed by atoms with Crippen molar-refractivity contribution >= 4 is 12.1 Å². The van der Waals surface area contributed by atoms with Crippen LogP contribution in [-0.4, -0.2) is 51.4 Å². The van der Waals surface area contributed by atoms with E-state index in [1.807, 2.05) is 0 Å². The molecular formula is C25H23NO9. The molecule has 2 N–H and O–H groups in total. The zero-order chi connectivity index (χ0) is 24.7. The van der Waals surface area contributed by atoms with E-state index in [-0.39, 0.29) is 37.3 Å². The van der Waals surface area contributed by atoms with Crippen molar-refractivity contribution in [3.05, 3.63) is 41.0 Å². The van der Waals surface area contributed by atoms with Crippen LogP contribution in [0.4, 0.5) is 4.79 Å². The molecule has 35 heavy (non-hydrogen) atoms. The molecule has 1 saturated heterocycles. The van der Waals surface area contributed by atoms with Gasteiger partial charge in [-0.15, -0.1) is 6.42 Å². The maximum Gasteiger partial charge on any atom is 0.408 e. The molecule has 2 aromatic rings. The highest BCUT2D eigenvalue weighted by Crippen LogP contribution is 2.55. The predicted molar refractivity (Wildman–Crippen MR) is 120 cm³/mol. The lowest BCUT2D eigenvalue weighted by Gasteiger charge is -2.39. The van der Waals surface area contributed by atoms with Gasteiger partial charge in [0, 0.05) is 11.8 Å². The van der Waals surface area contributed by atoms with Gasteiger partial charge in [-0.1, -0.05) is 5.92 Å². The molecule has 10 heteroatoms. The van der Waals surface area contributed by atoms with Gasteiger partial charge in [-0.3, -0.25) is 4.79 Å². The van der Waals surface area contributed by atoms with Crippen LogP contribution in [0.5, 0.6) is 28.7 Å². The first-order valence-corrected chi connectivity index (χ1v) is 10.9. The summed E-state index contributed by atoms with van der Waals surface area (Å²) in [5, 5.41) is 13.3. The highest BCUT2D eigenvalue weighted by molar-refractivity contribution is 5.80. The summed E-state index contributed by atoms with van der Waals surface area (Å²) in [6.45, 7) is -0.0347. The number of nitrogens with one attached hydrogen (secondary N) is 1. The minimum atomic E-state index is -0.707. The van der Waals surface area contributed by atoms with Crippen LogP contribution in [0.25, 0.3) is 0 Å². The Hall–Kier alpha value is -4.26. The van der Waals surface area contributed by atoms with E-state index in [0.29, 0.717) is 17.1 Å². The highest BCUT2D eigenvalue weighted by atomic mass is 16.7. The Morgan fingerprint density at radius 2 is 1.77 bits per heavy atom. The van der Waals surface area contributed by atoms with Gasteiger partial charge >= 0.3 is 12.1 Å². The molecule has 1 aliphatic carbocycles. The molecule has 3 aliphatic rings. The van der Waals surface area contributed by atoms with E-state index in [1.54, 1.807) is 24.3 Å². The average molecular weight is 481 g/mol. The summed E-state index contributed by atoms with van der Waals surface area (Å²) in [7, 11) is 2.86. The lowest BCUT2D eigenvalue weighted by molar-refractivity contribution is -0.141. The van der Waals surface area contributed by atoms with Crippen LogP contribution in [0, 0.1) is 24.2 Å². The number of carbonyl (C=O) groups excluding carboxylic acids is 2. The molecule has 182 valence electrons. The molecular weight excluding hydrogens is 458 g/mol. The smallest absolute Gasteiger partial charge is 0.408 e. The molecule has 1 amide bonds. The van der Waals surface area contributed by atoms with Gasteiger partial charge in [-0.05, 0) is 41.0 Å². The number of cyclic esters (lactones) is 1. The molecule has 0 radical (unpaired) electrons. The van der Waals surface area contributed by atoms with E-state index in [4.69, 9.17) is 34.8 Å². The van der Waals surface area contributed by atoms with Crippen molar-refractivity contribution < 1.29 is 43.1 Å². The predicted octanol–water partition coefficient (Wildman–Crippen LogP) is 2.47. The van der Waals surface area contributed by atoms with E-state index < -0.39 is 35.9 Å². The number of phenolic OH excluding ortho intramolecular Hbond substituents is 1. The van der Waals surface area contributed by atoms with Gasteiger partial charge in [0.25, 0.3) is 0 Å². The number of hydrogen-bond donors (Lipinski definition) is 2. The highest BCUT2D eigenvalue weighted by Gasteiger charge is 2.53. The van der Waals surface area contributed by atoms with Crippen LogP contribution < -0.4 is 24.3 Å². The van der Waals surface area contributed by atoms with Gasteiger partial charge in [0.2, 0.25) is 12.5 Å². The number of amides is 1. The first kappa shape index (κ1) is 22.5. The zero-order valence-corrected chi connectivity index (χ0v) is 19.0. The maximum atomic E-state index is 13.1. The Kier molecular flexibility index (Phi) is 5.68. The largest absolute Gasteiger partial charge is 0.502 e. The molecule has 0 aromatic heterocycles. The van der Waals surface area contributed by atoms with Gasteiger partial charge < -0.3 is 38.8 Å². The second-order valence-corrected chi connectivity index (χ2v) is 8.31. The summed E-state index contributed by atoms with van der Waals surface area (Å²) in [6.07, 6.45) is 4.50. The molecule has 0 saturated carbocycles. The molecule has 0 bridgehead atoms. The number of fused-ring (bicyclic) bond motifs is 3. The molecule has 1 fully saturated rings. The number of aromatic hydroxyl groups is 1. The van der Waals surface area contributed by atoms with Crippen molar-refractivity contribution in [3.63, 3.8) is 0 Å². The zero-order valence-electron chi connectivity index (χ0n) is 19.0. The third kappa shape index (κ3) is 3.69. The number of terminal acetylenes is 1. The van der Waals surface area contributed by atoms with Gasteiger partial charge in [-0.25, -0.2) is 4.79 Å². The van der Waals surface area contributed by atoms with Gasteiger partial charge in [0.1, 0.15) is 0 Å². The standard InChI is InChI=1S/C25H23NO9/c1-4-5-32-25(29)26-22-14-9-17-16(34-11-35-17)8-13(14)20(21-15(22)10-33-24(21)28)12-6-18(30-2)23(27)19(7-12)31-3/h1,6-9,15,20-22,27H,5,10-11H2,2-3H3,(H,26,29)/t15-,20+,21-,22+/m0/s1. The second-order valence-electron chi connectivity index (χ2n) is 8.31. The first-order valence-electron chi connectivity index (χ1n) is 10.9. The summed E-state index contributed by atoms with van der Waals surface area (Å²) in [5.74, 6) is 1.56. The Morgan fingerprint density at radius 3 is 2.40 bits per heavy atom. The van der Waals surface area contributed by atoms with Crippen molar-refractivity contribution in [2.45, 2.75) is 12.0 Å². The Labute approximate surface area is 201 Å². The Morgan fingerprint density at radius 1 is 1.11 bits per heavy atom. The molecule has 5 rings (SSSR count). The number of benzene rings is 2. The van der Waals surface area contributed by atoms with E-state index in [0.717, 1.165) is 11.1 Å². The molecule has 2 heterocycles. The van der Waals surface area contributed by atoms with Crippen LogP contribution in [0.3, 0.4) is 0 Å². The van der Waals surface area contributed by atoms with Crippen LogP contribution in [0.2, 0.25) is 0 Å². The third-order valence-electron chi connectivity index (χ3n) is 6.61. The fourth-order valence-corrected chi connectivity index (χ4v) is 5.12. The van der Waals surface area contributed by atoms with E-state index >= 15 is 0 Å². The Balaban J connectivity index is 1.68. The van der Waals surface area contributed by atoms with Crippen LogP contribution in [-0.2, 0) is 14.3 Å². The monoisotopic (exact) mass is 481 g/mol. The van der Waals surface area contributed by atoms with Crippen molar-refractivity contribution in [2.75, 3.05) is 34.2 Å². The quantitative estimate of drug-likeness (QED) is 0.490. The van der Waals surface area contributed by atoms with Gasteiger partial charge in [-0.2, -0.15) is 0 Å². The lowest BCUT2D eigenvalue weighted by Crippen LogP contribution is -2.43. The lowest BCUT2D eigenvalue weighted by atomic mass is 9.65. The first-order chi connectivity index (χ1) is 17.0. The molecule has 0 unspecified atom stereocenters. The molecule has 0 spiro atoms. The second kappa shape index (κ2) is 8.83. The molecule has 2 aromatic carbocycles. The number of rotatable bonds is 5. The van der Waals surface area contributed by atoms with E-state index in [2.05, 4.69) is 11.2 Å². The number of esters is 1. The third-order valence-corrected chi connectivity index (χ3v) is 6.61. The summed E-state index contributed by atoms with van der Waals surface area (Å²) in [5.41, 5.74) is 2.12. The van der Waals surface area contributed by atoms with Gasteiger partial charge in [0.05, 0.1) is 32.8 Å². The fourth-order valence-electron chi connectivity index (χ4n) is 5.12. The number of hydrogen-bond acceptors (Lipinski definition) is 9. The van der Waals surface area contributed by atoms with E-state index in [9.17, 15) is 14.7 Å². The van der Waals surface area contributed by atoms with Gasteiger partial charge in [0.15, 0.2) is 29.6 Å². The van der Waals surface area contributed by atoms with E-state index in [1.165, 1.54) is 14.2 Å². The summed E-state index contributed by atoms with van der Waals surface area (Å²) in [4.78, 5) is 25.5. The number of carbonyl (C=O) groups is 2. The van der Waals surface area contributed by atoms with Crippen molar-refractivity contribution in [1.82, 2.24) is 5.32 Å². The maximum absolute atomic E-state index is 13.1. The number of methoxy groups -OCH3 is 2. The molecule has 2 aliphatic heterocycles. The summed E-state index contributed by atoms with van der Waals surface area (Å²) < 4.78 is 32.4. The van der Waals surface area contributed by atoms with Crippen molar-refractivity contribution in [1.29, 1.82) is 0 Å². The van der Waals surface area contributed by atoms with Crippen LogP contribution in [0.15, 0.2) is 24.3 Å². The van der Waals surface area contributed by atoms with Crippen molar-refractivity contribution in [2.24, 2.45) is 11.8 Å². The normalized spacial score (nSPS) is 23.4. The summed E-state index contributed by atoms with van der Waals surface area (Å²) in [6, 6.07) is 6.31.